The summed E-state index contributed by atoms with van der Waals surface area (Å²) in [6, 6.07) is 6.42. The molecule has 0 unspecified atom stereocenters. The summed E-state index contributed by atoms with van der Waals surface area (Å²) in [6.45, 7) is 6.61. The van der Waals surface area contributed by atoms with Crippen LogP contribution in [-0.4, -0.2) is 4.98 Å². The Morgan fingerprint density at radius 3 is 2.19 bits per heavy atom. The monoisotopic (exact) mass is 219 g/mol. The minimum Gasteiger partial charge on any atom is -0.258 e. The predicted molar refractivity (Wildman–Crippen MR) is 70.8 cm³/mol. The summed E-state index contributed by atoms with van der Waals surface area (Å²) in [5.41, 5.74) is 2.46. The maximum atomic E-state index is 4.68. The van der Waals surface area contributed by atoms with Crippen LogP contribution in [0.15, 0.2) is 18.2 Å². The van der Waals surface area contributed by atoms with Crippen molar-refractivity contribution in [1.82, 2.24) is 4.98 Å². The zero-order chi connectivity index (χ0) is 11.8. The molecule has 16 heavy (non-hydrogen) atoms. The molecule has 1 nitrogen and oxygen atoms in total. The van der Waals surface area contributed by atoms with Crippen molar-refractivity contribution in [2.24, 2.45) is 0 Å². The summed E-state index contributed by atoms with van der Waals surface area (Å²) in [5.74, 6) is 0.680. The van der Waals surface area contributed by atoms with Crippen molar-refractivity contribution in [3.05, 3.63) is 29.6 Å². The second kappa shape index (κ2) is 7.43. The quantitative estimate of drug-likeness (QED) is 0.638. The highest BCUT2D eigenvalue weighted by atomic mass is 14.7. The minimum atomic E-state index is 0.680. The molecule has 0 atom stereocenters. The van der Waals surface area contributed by atoms with Crippen molar-refractivity contribution < 1.29 is 0 Å². The van der Waals surface area contributed by atoms with Gasteiger partial charge in [-0.05, 0) is 31.9 Å². The van der Waals surface area contributed by atoms with Gasteiger partial charge in [0.15, 0.2) is 0 Å². The van der Waals surface area contributed by atoms with E-state index in [-0.39, 0.29) is 0 Å². The second-order valence-electron chi connectivity index (χ2n) is 4.69. The van der Waals surface area contributed by atoms with Crippen molar-refractivity contribution in [3.63, 3.8) is 0 Å². The molecule has 0 spiro atoms. The summed E-state index contributed by atoms with van der Waals surface area (Å²) in [6.07, 6.45) is 7.82. The molecule has 90 valence electrons. The maximum Gasteiger partial charge on any atom is 0.0437 e. The Morgan fingerprint density at radius 2 is 1.69 bits per heavy atom. The first-order valence-corrected chi connectivity index (χ1v) is 6.71. The maximum absolute atomic E-state index is 4.68. The fourth-order valence-electron chi connectivity index (χ4n) is 2.13. The first kappa shape index (κ1) is 13.2. The number of unbranched alkanes of at least 4 members (excludes halogenated alkanes) is 2. The molecule has 1 heteroatoms. The Labute approximate surface area is 100 Å². The molecule has 0 amide bonds. The molecule has 0 fully saturated rings. The van der Waals surface area contributed by atoms with Gasteiger partial charge in [0.25, 0.3) is 0 Å². The molecule has 0 N–H and O–H groups in total. The Kier molecular flexibility index (Phi) is 6.14. The van der Waals surface area contributed by atoms with Gasteiger partial charge < -0.3 is 0 Å². The van der Waals surface area contributed by atoms with E-state index in [0.29, 0.717) is 5.92 Å². The Morgan fingerprint density at radius 1 is 1.06 bits per heavy atom. The van der Waals surface area contributed by atoms with Crippen molar-refractivity contribution in [1.29, 1.82) is 0 Å². The summed E-state index contributed by atoms with van der Waals surface area (Å²) in [5, 5.41) is 0. The first-order chi connectivity index (χ1) is 7.77. The van der Waals surface area contributed by atoms with E-state index in [0.717, 1.165) is 5.69 Å². The lowest BCUT2D eigenvalue weighted by Gasteiger charge is -2.16. The van der Waals surface area contributed by atoms with E-state index in [1.165, 1.54) is 44.2 Å². The van der Waals surface area contributed by atoms with Gasteiger partial charge in [-0.2, -0.15) is 0 Å². The summed E-state index contributed by atoms with van der Waals surface area (Å²) >= 11 is 0. The average molecular weight is 219 g/mol. The van der Waals surface area contributed by atoms with Gasteiger partial charge in [-0.15, -0.1) is 0 Å². The van der Waals surface area contributed by atoms with Gasteiger partial charge in [0.2, 0.25) is 0 Å². The predicted octanol–water partition coefficient (Wildman–Crippen LogP) is 4.85. The lowest BCUT2D eigenvalue weighted by molar-refractivity contribution is 0.514. The van der Waals surface area contributed by atoms with Crippen LogP contribution >= 0.6 is 0 Å². The zero-order valence-electron chi connectivity index (χ0n) is 11.0. The zero-order valence-corrected chi connectivity index (χ0v) is 11.0. The third-order valence-electron chi connectivity index (χ3n) is 3.14. The highest BCUT2D eigenvalue weighted by Crippen LogP contribution is 2.26. The number of aryl methyl sites for hydroxylation is 1. The number of nitrogens with zero attached hydrogens (tertiary/aromatic N) is 1. The molecular weight excluding hydrogens is 194 g/mol. The lowest BCUT2D eigenvalue weighted by Crippen LogP contribution is -2.02. The van der Waals surface area contributed by atoms with Gasteiger partial charge in [-0.1, -0.05) is 45.6 Å². The molecule has 0 saturated carbocycles. The van der Waals surface area contributed by atoms with Crippen molar-refractivity contribution >= 4 is 0 Å². The molecule has 0 bridgehead atoms. The van der Waals surface area contributed by atoms with Crippen LogP contribution in [0.4, 0.5) is 0 Å². The smallest absolute Gasteiger partial charge is 0.0437 e. The fraction of sp³-hybridized carbons (Fsp3) is 0.667. The third kappa shape index (κ3) is 4.34. The molecule has 0 aromatic carbocycles. The highest BCUT2D eigenvalue weighted by molar-refractivity contribution is 5.13. The Bertz CT molecular complexity index is 285. The lowest BCUT2D eigenvalue weighted by atomic mass is 9.92. The van der Waals surface area contributed by atoms with E-state index in [9.17, 15) is 0 Å². The van der Waals surface area contributed by atoms with Gasteiger partial charge in [-0.3, -0.25) is 4.98 Å². The Balaban J connectivity index is 2.66. The second-order valence-corrected chi connectivity index (χ2v) is 4.69. The number of rotatable bonds is 7. The number of pyridine rings is 1. The summed E-state index contributed by atoms with van der Waals surface area (Å²) in [4.78, 5) is 4.68. The summed E-state index contributed by atoms with van der Waals surface area (Å²) in [7, 11) is 0. The van der Waals surface area contributed by atoms with Gasteiger partial charge in [-0.25, -0.2) is 0 Å². The third-order valence-corrected chi connectivity index (χ3v) is 3.14. The molecule has 0 aliphatic rings. The van der Waals surface area contributed by atoms with E-state index < -0.39 is 0 Å². The van der Waals surface area contributed by atoms with Crippen LogP contribution in [0.3, 0.4) is 0 Å². The molecule has 0 radical (unpaired) electrons. The molecule has 0 aliphatic heterocycles. The molecule has 0 saturated heterocycles. The number of aromatic nitrogens is 1. The van der Waals surface area contributed by atoms with Crippen LogP contribution in [0.25, 0.3) is 0 Å². The number of hydrogen-bond acceptors (Lipinski definition) is 1. The van der Waals surface area contributed by atoms with E-state index in [4.69, 9.17) is 0 Å². The molecule has 1 rings (SSSR count). The van der Waals surface area contributed by atoms with Crippen molar-refractivity contribution in [3.8, 4) is 0 Å². The van der Waals surface area contributed by atoms with Crippen LogP contribution in [0.1, 0.15) is 69.7 Å². The largest absolute Gasteiger partial charge is 0.258 e. The summed E-state index contributed by atoms with van der Waals surface area (Å²) < 4.78 is 0. The number of hydrogen-bond donors (Lipinski definition) is 0. The van der Waals surface area contributed by atoms with E-state index in [1.807, 2.05) is 0 Å². The van der Waals surface area contributed by atoms with Gasteiger partial charge >= 0.3 is 0 Å². The molecule has 1 heterocycles. The standard InChI is InChI=1S/C15H25N/c1-4-6-10-14(11-7-5-2)15-12-8-9-13(3)16-15/h8-9,12,14H,4-7,10-11H2,1-3H3. The van der Waals surface area contributed by atoms with E-state index >= 15 is 0 Å². The molecular formula is C15H25N. The van der Waals surface area contributed by atoms with Crippen molar-refractivity contribution in [2.45, 2.75) is 65.2 Å². The normalized spacial score (nSPS) is 11.0. The SMILES string of the molecule is CCCCC(CCCC)c1cccc(C)n1. The molecule has 0 aliphatic carbocycles. The molecule has 1 aromatic heterocycles. The minimum absolute atomic E-state index is 0.680. The van der Waals surface area contributed by atoms with Crippen LogP contribution in [-0.2, 0) is 0 Å². The Hall–Kier alpha value is -0.850. The average Bonchev–Trinajstić information content (AvgIpc) is 2.29. The van der Waals surface area contributed by atoms with E-state index in [1.54, 1.807) is 0 Å². The van der Waals surface area contributed by atoms with E-state index in [2.05, 4.69) is 44.0 Å². The van der Waals surface area contributed by atoms with Crippen molar-refractivity contribution in [2.75, 3.05) is 0 Å². The van der Waals surface area contributed by atoms with Crippen LogP contribution < -0.4 is 0 Å². The fourth-order valence-corrected chi connectivity index (χ4v) is 2.13. The highest BCUT2D eigenvalue weighted by Gasteiger charge is 2.11. The van der Waals surface area contributed by atoms with Gasteiger partial charge in [0.1, 0.15) is 0 Å². The topological polar surface area (TPSA) is 12.9 Å². The first-order valence-electron chi connectivity index (χ1n) is 6.71. The molecule has 1 aromatic rings. The van der Waals surface area contributed by atoms with Gasteiger partial charge in [0, 0.05) is 17.3 Å². The van der Waals surface area contributed by atoms with Crippen LogP contribution in [0.2, 0.25) is 0 Å². The van der Waals surface area contributed by atoms with Gasteiger partial charge in [0.05, 0.1) is 0 Å². The van der Waals surface area contributed by atoms with Crippen LogP contribution in [0, 0.1) is 6.92 Å². The van der Waals surface area contributed by atoms with Crippen LogP contribution in [0.5, 0.6) is 0 Å².